The molecule has 0 aliphatic rings. The number of fused-ring (bicyclic) bond motifs is 1. The monoisotopic (exact) mass is 487 g/mol. The Balaban J connectivity index is 1.78. The zero-order valence-corrected chi connectivity index (χ0v) is 21.0. The first-order valence-electron chi connectivity index (χ1n) is 11.1. The molecule has 1 N–H and O–H groups in total. The zero-order chi connectivity index (χ0) is 24.0. The van der Waals surface area contributed by atoms with Crippen LogP contribution in [0.5, 0.6) is 0 Å². The Morgan fingerprint density at radius 1 is 1.18 bits per heavy atom. The van der Waals surface area contributed by atoms with Gasteiger partial charge in [-0.2, -0.15) is 0 Å². The van der Waals surface area contributed by atoms with Gasteiger partial charge in [0.25, 0.3) is 5.56 Å². The van der Waals surface area contributed by atoms with Gasteiger partial charge in [-0.1, -0.05) is 53.2 Å². The third-order valence-electron chi connectivity index (χ3n) is 5.10. The van der Waals surface area contributed by atoms with Crippen molar-refractivity contribution in [3.05, 3.63) is 69.0 Å². The van der Waals surface area contributed by atoms with E-state index in [4.69, 9.17) is 16.3 Å². The second-order valence-electron chi connectivity index (χ2n) is 8.25. The highest BCUT2D eigenvalue weighted by Gasteiger charge is 2.19. The average Bonchev–Trinajstić information content (AvgIpc) is 2.77. The van der Waals surface area contributed by atoms with E-state index in [-0.39, 0.29) is 17.6 Å². The summed E-state index contributed by atoms with van der Waals surface area (Å²) in [5.41, 5.74) is 2.59. The Kier molecular flexibility index (Phi) is 8.95. The van der Waals surface area contributed by atoms with Crippen molar-refractivity contribution in [2.75, 3.05) is 6.61 Å². The van der Waals surface area contributed by atoms with Crippen LogP contribution in [-0.4, -0.2) is 33.4 Å². The molecular formula is C25H30ClN3O3S. The predicted octanol–water partition coefficient (Wildman–Crippen LogP) is 4.97. The van der Waals surface area contributed by atoms with Crippen molar-refractivity contribution in [3.8, 4) is 0 Å². The SMILES string of the molecule is Cc1ccc(CNC(=O)C(C)Sc2nc3cc(Cl)ccc3c(=O)n2CCCOC(C)C)cc1. The van der Waals surface area contributed by atoms with Crippen LogP contribution in [0.2, 0.25) is 5.02 Å². The van der Waals surface area contributed by atoms with E-state index in [2.05, 4.69) is 10.3 Å². The van der Waals surface area contributed by atoms with E-state index in [1.54, 1.807) is 22.8 Å². The van der Waals surface area contributed by atoms with Crippen LogP contribution in [0.25, 0.3) is 10.9 Å². The molecule has 0 bridgehead atoms. The van der Waals surface area contributed by atoms with Gasteiger partial charge in [-0.15, -0.1) is 0 Å². The highest BCUT2D eigenvalue weighted by molar-refractivity contribution is 8.00. The molecule has 0 fully saturated rings. The van der Waals surface area contributed by atoms with Gasteiger partial charge in [0.2, 0.25) is 5.91 Å². The minimum atomic E-state index is -0.433. The molecule has 2 aromatic carbocycles. The lowest BCUT2D eigenvalue weighted by molar-refractivity contribution is -0.120. The first kappa shape index (κ1) is 25.3. The Hall–Kier alpha value is -2.35. The lowest BCUT2D eigenvalue weighted by atomic mass is 10.1. The van der Waals surface area contributed by atoms with Crippen LogP contribution in [0.15, 0.2) is 52.4 Å². The van der Waals surface area contributed by atoms with Gasteiger partial charge < -0.3 is 10.1 Å². The molecule has 0 saturated heterocycles. The molecule has 1 unspecified atom stereocenters. The number of aryl methyl sites for hydroxylation is 1. The van der Waals surface area contributed by atoms with E-state index < -0.39 is 5.25 Å². The third kappa shape index (κ3) is 7.06. The number of thioether (sulfide) groups is 1. The smallest absolute Gasteiger partial charge is 0.262 e. The zero-order valence-electron chi connectivity index (χ0n) is 19.4. The van der Waals surface area contributed by atoms with Gasteiger partial charge in [-0.25, -0.2) is 4.98 Å². The van der Waals surface area contributed by atoms with Crippen molar-refractivity contribution in [2.24, 2.45) is 0 Å². The molecule has 0 aliphatic heterocycles. The molecule has 1 amide bonds. The lowest BCUT2D eigenvalue weighted by Gasteiger charge is -2.17. The quantitative estimate of drug-likeness (QED) is 0.248. The number of amides is 1. The van der Waals surface area contributed by atoms with Crippen molar-refractivity contribution < 1.29 is 9.53 Å². The van der Waals surface area contributed by atoms with Crippen LogP contribution in [-0.2, 0) is 22.6 Å². The summed E-state index contributed by atoms with van der Waals surface area (Å²) >= 11 is 7.40. The summed E-state index contributed by atoms with van der Waals surface area (Å²) in [6, 6.07) is 13.1. The fourth-order valence-electron chi connectivity index (χ4n) is 3.25. The van der Waals surface area contributed by atoms with Crippen LogP contribution in [0.1, 0.15) is 38.3 Å². The molecule has 1 atom stereocenters. The normalized spacial score (nSPS) is 12.3. The summed E-state index contributed by atoms with van der Waals surface area (Å²) in [4.78, 5) is 30.6. The standard InChI is InChI=1S/C25H30ClN3O3S/c1-16(2)32-13-5-12-29-24(31)21-11-10-20(26)14-22(21)28-25(29)33-18(4)23(30)27-15-19-8-6-17(3)7-9-19/h6-11,14,16,18H,5,12-13,15H2,1-4H3,(H,27,30). The van der Waals surface area contributed by atoms with E-state index in [1.807, 2.05) is 52.0 Å². The van der Waals surface area contributed by atoms with Gasteiger partial charge in [0, 0.05) is 24.7 Å². The summed E-state index contributed by atoms with van der Waals surface area (Å²) in [6.45, 7) is 9.24. The summed E-state index contributed by atoms with van der Waals surface area (Å²) in [6.07, 6.45) is 0.796. The van der Waals surface area contributed by atoms with Gasteiger partial charge in [0.05, 0.1) is 22.3 Å². The number of benzene rings is 2. The number of hydrogen-bond donors (Lipinski definition) is 1. The molecule has 3 rings (SSSR count). The number of nitrogens with zero attached hydrogens (tertiary/aromatic N) is 2. The summed E-state index contributed by atoms with van der Waals surface area (Å²) in [5.74, 6) is -0.115. The van der Waals surface area contributed by atoms with Crippen molar-refractivity contribution in [1.82, 2.24) is 14.9 Å². The molecular weight excluding hydrogens is 458 g/mol. The van der Waals surface area contributed by atoms with Crippen LogP contribution >= 0.6 is 23.4 Å². The molecule has 176 valence electrons. The molecule has 33 heavy (non-hydrogen) atoms. The first-order valence-corrected chi connectivity index (χ1v) is 12.3. The number of carbonyl (C=O) groups excluding carboxylic acids is 1. The van der Waals surface area contributed by atoms with Crippen LogP contribution in [0.3, 0.4) is 0 Å². The number of nitrogens with one attached hydrogen (secondary N) is 1. The molecule has 6 nitrogen and oxygen atoms in total. The van der Waals surface area contributed by atoms with Crippen molar-refractivity contribution in [2.45, 2.75) is 63.7 Å². The maximum atomic E-state index is 13.2. The lowest BCUT2D eigenvalue weighted by Crippen LogP contribution is -2.32. The summed E-state index contributed by atoms with van der Waals surface area (Å²) in [5, 5.41) is 4.05. The highest BCUT2D eigenvalue weighted by atomic mass is 35.5. The van der Waals surface area contributed by atoms with Crippen LogP contribution in [0.4, 0.5) is 0 Å². The largest absolute Gasteiger partial charge is 0.379 e. The van der Waals surface area contributed by atoms with E-state index in [0.29, 0.717) is 47.2 Å². The van der Waals surface area contributed by atoms with Crippen molar-refractivity contribution in [3.63, 3.8) is 0 Å². The molecule has 0 radical (unpaired) electrons. The van der Waals surface area contributed by atoms with Gasteiger partial charge in [-0.05, 0) is 57.9 Å². The third-order valence-corrected chi connectivity index (χ3v) is 6.42. The Labute approximate surface area is 203 Å². The Morgan fingerprint density at radius 2 is 1.91 bits per heavy atom. The van der Waals surface area contributed by atoms with Gasteiger partial charge in [-0.3, -0.25) is 14.2 Å². The van der Waals surface area contributed by atoms with E-state index in [0.717, 1.165) is 5.56 Å². The fourth-order valence-corrected chi connectivity index (χ4v) is 4.38. The van der Waals surface area contributed by atoms with E-state index in [1.165, 1.54) is 17.3 Å². The maximum Gasteiger partial charge on any atom is 0.262 e. The van der Waals surface area contributed by atoms with E-state index in [9.17, 15) is 9.59 Å². The van der Waals surface area contributed by atoms with Gasteiger partial charge in [0.15, 0.2) is 5.16 Å². The number of halogens is 1. The Morgan fingerprint density at radius 3 is 2.61 bits per heavy atom. The number of ether oxygens (including phenoxy) is 1. The van der Waals surface area contributed by atoms with Gasteiger partial charge >= 0.3 is 0 Å². The van der Waals surface area contributed by atoms with Crippen molar-refractivity contribution in [1.29, 1.82) is 0 Å². The summed E-state index contributed by atoms with van der Waals surface area (Å²) < 4.78 is 7.26. The number of aromatic nitrogens is 2. The first-order chi connectivity index (χ1) is 15.7. The molecule has 0 saturated carbocycles. The predicted molar refractivity (Wildman–Crippen MR) is 135 cm³/mol. The molecule has 8 heteroatoms. The second-order valence-corrected chi connectivity index (χ2v) is 9.99. The minimum absolute atomic E-state index is 0.115. The molecule has 0 aliphatic carbocycles. The number of carbonyl (C=O) groups is 1. The van der Waals surface area contributed by atoms with Gasteiger partial charge in [0.1, 0.15) is 0 Å². The van der Waals surface area contributed by atoms with Crippen LogP contribution < -0.4 is 10.9 Å². The summed E-state index contributed by atoms with van der Waals surface area (Å²) in [7, 11) is 0. The number of rotatable bonds is 10. The van der Waals surface area contributed by atoms with Crippen molar-refractivity contribution >= 4 is 40.2 Å². The maximum absolute atomic E-state index is 13.2. The topological polar surface area (TPSA) is 73.2 Å². The highest BCUT2D eigenvalue weighted by Crippen LogP contribution is 2.24. The molecule has 1 aromatic heterocycles. The van der Waals surface area contributed by atoms with E-state index >= 15 is 0 Å². The molecule has 3 aromatic rings. The van der Waals surface area contributed by atoms with Crippen LogP contribution in [0, 0.1) is 6.92 Å². The molecule has 0 spiro atoms. The number of hydrogen-bond acceptors (Lipinski definition) is 5. The fraction of sp³-hybridized carbons (Fsp3) is 0.400. The minimum Gasteiger partial charge on any atom is -0.379 e. The molecule has 1 heterocycles. The second kappa shape index (κ2) is 11.7. The average molecular weight is 488 g/mol. The Bertz CT molecular complexity index is 1160.